The van der Waals surface area contributed by atoms with Gasteiger partial charge in [0.15, 0.2) is 22.6 Å². The van der Waals surface area contributed by atoms with Crippen molar-refractivity contribution >= 4 is 16.1 Å². The van der Waals surface area contributed by atoms with Crippen LogP contribution in [0.25, 0.3) is 0 Å². The van der Waals surface area contributed by atoms with Gasteiger partial charge in [-0.15, -0.1) is 0 Å². The highest BCUT2D eigenvalue weighted by Crippen LogP contribution is 2.20. The second-order valence-electron chi connectivity index (χ2n) is 4.24. The van der Waals surface area contributed by atoms with Crippen LogP contribution in [0.5, 0.6) is 0 Å². The van der Waals surface area contributed by atoms with Gasteiger partial charge in [-0.2, -0.15) is 8.78 Å². The van der Waals surface area contributed by atoms with E-state index in [1.807, 2.05) is 0 Å². The fraction of sp³-hybridized carbons (Fsp3) is 0.583. The second kappa shape index (κ2) is 8.79. The van der Waals surface area contributed by atoms with Gasteiger partial charge in [0.05, 0.1) is 6.61 Å². The molecule has 0 saturated carbocycles. The fourth-order valence-corrected chi connectivity index (χ4v) is 1.33. The third-order valence-electron chi connectivity index (χ3n) is 2.37. The Labute approximate surface area is 126 Å². The van der Waals surface area contributed by atoms with Crippen molar-refractivity contribution < 1.29 is 40.4 Å². The Morgan fingerprint density at radius 3 is 2.23 bits per heavy atom. The summed E-state index contributed by atoms with van der Waals surface area (Å²) in [6, 6.07) is 0. The molecule has 6 nitrogen and oxygen atoms in total. The number of halogens is 3. The van der Waals surface area contributed by atoms with Crippen molar-refractivity contribution in [1.82, 2.24) is 0 Å². The summed E-state index contributed by atoms with van der Waals surface area (Å²) < 4.78 is 77.1. The molecule has 10 heteroatoms. The third kappa shape index (κ3) is 8.03. The zero-order chi connectivity index (χ0) is 17.4. The molecule has 0 aliphatic carbocycles. The SMILES string of the molecule is C=C(F)C(=C)OCCCCCC(=O)OCC(F)(F)S(=O)(=O)[O-]. The Hall–Kier alpha value is -1.55. The Morgan fingerprint density at radius 1 is 1.14 bits per heavy atom. The van der Waals surface area contributed by atoms with Gasteiger partial charge in [-0.1, -0.05) is 13.2 Å². The third-order valence-corrected chi connectivity index (χ3v) is 3.22. The molecule has 0 aliphatic heterocycles. The van der Waals surface area contributed by atoms with E-state index in [0.717, 1.165) is 0 Å². The fourth-order valence-electron chi connectivity index (χ4n) is 1.13. The smallest absolute Gasteiger partial charge is 0.367 e. The standard InChI is InChI=1S/C12H17F3O6S/c1-9(13)10(2)20-7-5-3-4-6-11(16)21-8-12(14,15)22(17,18)19/h1-8H2,(H,17,18,19)/p-1. The lowest BCUT2D eigenvalue weighted by atomic mass is 10.2. The van der Waals surface area contributed by atoms with Gasteiger partial charge >= 0.3 is 11.2 Å². The molecule has 0 amide bonds. The minimum absolute atomic E-state index is 0.142. The van der Waals surface area contributed by atoms with Gasteiger partial charge in [-0.3, -0.25) is 4.79 Å². The number of ether oxygens (including phenoxy) is 2. The van der Waals surface area contributed by atoms with Crippen molar-refractivity contribution in [3.63, 3.8) is 0 Å². The van der Waals surface area contributed by atoms with E-state index in [0.29, 0.717) is 12.8 Å². The lowest BCUT2D eigenvalue weighted by molar-refractivity contribution is -0.149. The van der Waals surface area contributed by atoms with Crippen molar-refractivity contribution in [2.45, 2.75) is 30.9 Å². The number of carbonyl (C=O) groups excluding carboxylic acids is 1. The normalized spacial score (nSPS) is 11.8. The van der Waals surface area contributed by atoms with Crippen molar-refractivity contribution in [2.75, 3.05) is 13.2 Å². The average Bonchev–Trinajstić information content (AvgIpc) is 2.38. The molecule has 0 aromatic carbocycles. The highest BCUT2D eigenvalue weighted by molar-refractivity contribution is 7.86. The first-order valence-electron chi connectivity index (χ1n) is 6.13. The Kier molecular flexibility index (Phi) is 8.17. The van der Waals surface area contributed by atoms with Crippen molar-refractivity contribution in [1.29, 1.82) is 0 Å². The molecular weight excluding hydrogens is 329 g/mol. The Morgan fingerprint density at radius 2 is 1.73 bits per heavy atom. The summed E-state index contributed by atoms with van der Waals surface area (Å²) in [4.78, 5) is 11.1. The molecule has 0 fully saturated rings. The zero-order valence-electron chi connectivity index (χ0n) is 11.6. The minimum Gasteiger partial charge on any atom is -0.743 e. The molecule has 0 saturated heterocycles. The van der Waals surface area contributed by atoms with E-state index in [-0.39, 0.29) is 25.2 Å². The summed E-state index contributed by atoms with van der Waals surface area (Å²) in [5, 5.41) is -4.65. The number of hydrogen-bond acceptors (Lipinski definition) is 6. The topological polar surface area (TPSA) is 92.7 Å². The van der Waals surface area contributed by atoms with Crippen LogP contribution in [0.1, 0.15) is 25.7 Å². The first kappa shape index (κ1) is 20.5. The monoisotopic (exact) mass is 345 g/mol. The van der Waals surface area contributed by atoms with Gasteiger partial charge in [0, 0.05) is 6.42 Å². The molecule has 22 heavy (non-hydrogen) atoms. The van der Waals surface area contributed by atoms with Crippen LogP contribution >= 0.6 is 0 Å². The van der Waals surface area contributed by atoms with Crippen molar-refractivity contribution in [2.24, 2.45) is 0 Å². The molecule has 0 aromatic rings. The van der Waals surface area contributed by atoms with Crippen LogP contribution in [0.2, 0.25) is 0 Å². The van der Waals surface area contributed by atoms with Crippen LogP contribution < -0.4 is 0 Å². The van der Waals surface area contributed by atoms with Crippen molar-refractivity contribution in [3.05, 3.63) is 24.7 Å². The van der Waals surface area contributed by atoms with E-state index in [9.17, 15) is 30.9 Å². The zero-order valence-corrected chi connectivity index (χ0v) is 12.5. The van der Waals surface area contributed by atoms with Gasteiger partial charge in [0.1, 0.15) is 5.76 Å². The molecule has 0 bridgehead atoms. The number of carbonyl (C=O) groups is 1. The number of alkyl halides is 2. The van der Waals surface area contributed by atoms with E-state index in [4.69, 9.17) is 4.74 Å². The van der Waals surface area contributed by atoms with Crippen LogP contribution in [-0.2, 0) is 24.4 Å². The second-order valence-corrected chi connectivity index (χ2v) is 5.74. The maximum atomic E-state index is 12.7. The van der Waals surface area contributed by atoms with Crippen molar-refractivity contribution in [3.8, 4) is 0 Å². The predicted octanol–water partition coefficient (Wildman–Crippen LogP) is 2.24. The van der Waals surface area contributed by atoms with Crippen LogP contribution in [-0.4, -0.2) is 37.4 Å². The summed E-state index contributed by atoms with van der Waals surface area (Å²) in [6.07, 6.45) is 0.939. The average molecular weight is 345 g/mol. The molecular formula is C12H16F3O6S-. The molecule has 0 spiro atoms. The quantitative estimate of drug-likeness (QED) is 0.187. The molecule has 0 N–H and O–H groups in total. The Bertz CT molecular complexity index is 515. The Balaban J connectivity index is 3.80. The lowest BCUT2D eigenvalue weighted by Crippen LogP contribution is -2.34. The molecule has 0 rings (SSSR count). The first-order valence-corrected chi connectivity index (χ1v) is 7.53. The van der Waals surface area contributed by atoms with Crippen LogP contribution in [0, 0.1) is 0 Å². The van der Waals surface area contributed by atoms with Gasteiger partial charge in [-0.25, -0.2) is 12.8 Å². The van der Waals surface area contributed by atoms with E-state index < -0.39 is 33.8 Å². The van der Waals surface area contributed by atoms with Gasteiger partial charge in [-0.05, 0) is 19.3 Å². The van der Waals surface area contributed by atoms with E-state index in [2.05, 4.69) is 17.9 Å². The highest BCUT2D eigenvalue weighted by atomic mass is 32.2. The molecule has 0 unspecified atom stereocenters. The first-order chi connectivity index (χ1) is 9.97. The van der Waals surface area contributed by atoms with Gasteiger partial charge in [0.25, 0.3) is 0 Å². The van der Waals surface area contributed by atoms with E-state index in [1.54, 1.807) is 0 Å². The predicted molar refractivity (Wildman–Crippen MR) is 69.4 cm³/mol. The van der Waals surface area contributed by atoms with Crippen LogP contribution in [0.15, 0.2) is 24.7 Å². The highest BCUT2D eigenvalue weighted by Gasteiger charge is 2.39. The summed E-state index contributed by atoms with van der Waals surface area (Å²) >= 11 is 0. The van der Waals surface area contributed by atoms with E-state index >= 15 is 0 Å². The molecule has 0 atom stereocenters. The maximum Gasteiger partial charge on any atom is 0.367 e. The number of esters is 1. The summed E-state index contributed by atoms with van der Waals surface area (Å²) in [5.74, 6) is -2.04. The number of rotatable bonds is 11. The molecule has 128 valence electrons. The van der Waals surface area contributed by atoms with E-state index in [1.165, 1.54) is 0 Å². The minimum atomic E-state index is -5.87. The van der Waals surface area contributed by atoms with Crippen LogP contribution in [0.3, 0.4) is 0 Å². The number of unbranched alkanes of at least 4 members (excludes halogenated alkanes) is 2. The summed E-state index contributed by atoms with van der Waals surface area (Å²) in [6.45, 7) is 4.56. The lowest BCUT2D eigenvalue weighted by Gasteiger charge is -2.19. The maximum absolute atomic E-state index is 12.7. The van der Waals surface area contributed by atoms with Crippen LogP contribution in [0.4, 0.5) is 13.2 Å². The number of hydrogen-bond donors (Lipinski definition) is 0. The number of allylic oxidation sites excluding steroid dienone is 1. The summed E-state index contributed by atoms with van der Waals surface area (Å²) in [5.41, 5.74) is 0. The van der Waals surface area contributed by atoms with Gasteiger partial charge < -0.3 is 14.0 Å². The molecule has 0 radical (unpaired) electrons. The molecule has 0 aliphatic rings. The van der Waals surface area contributed by atoms with Gasteiger partial charge in [0.2, 0.25) is 0 Å². The molecule has 0 aromatic heterocycles. The largest absolute Gasteiger partial charge is 0.743 e. The summed E-state index contributed by atoms with van der Waals surface area (Å²) in [7, 11) is -5.87. The molecule has 0 heterocycles.